The topological polar surface area (TPSA) is 29.9 Å². The zero-order valence-corrected chi connectivity index (χ0v) is 9.35. The van der Waals surface area contributed by atoms with E-state index in [-0.39, 0.29) is 0 Å². The third-order valence-corrected chi connectivity index (χ3v) is 2.97. The lowest BCUT2D eigenvalue weighted by molar-refractivity contribution is 0.446. The monoisotopic (exact) mass is 213 g/mol. The van der Waals surface area contributed by atoms with Gasteiger partial charge in [-0.2, -0.15) is 5.10 Å². The SMILES string of the molecule is CC1CNc2cc(-c3ccccc3)nn2C1. The van der Waals surface area contributed by atoms with Crippen LogP contribution >= 0.6 is 0 Å². The van der Waals surface area contributed by atoms with Crippen LogP contribution in [0.5, 0.6) is 0 Å². The Hall–Kier alpha value is -1.77. The van der Waals surface area contributed by atoms with Gasteiger partial charge in [0.05, 0.1) is 5.69 Å². The summed E-state index contributed by atoms with van der Waals surface area (Å²) in [7, 11) is 0. The van der Waals surface area contributed by atoms with Crippen molar-refractivity contribution in [3.8, 4) is 11.3 Å². The number of nitrogens with one attached hydrogen (secondary N) is 1. The molecule has 0 saturated carbocycles. The van der Waals surface area contributed by atoms with Gasteiger partial charge in [-0.15, -0.1) is 0 Å². The maximum atomic E-state index is 4.63. The van der Waals surface area contributed by atoms with Gasteiger partial charge in [0.15, 0.2) is 0 Å². The summed E-state index contributed by atoms with van der Waals surface area (Å²) < 4.78 is 2.07. The molecule has 3 nitrogen and oxygen atoms in total. The van der Waals surface area contributed by atoms with Crippen molar-refractivity contribution in [1.82, 2.24) is 9.78 Å². The molecule has 0 spiro atoms. The highest BCUT2D eigenvalue weighted by atomic mass is 15.3. The number of rotatable bonds is 1. The van der Waals surface area contributed by atoms with Gasteiger partial charge >= 0.3 is 0 Å². The van der Waals surface area contributed by atoms with Crippen LogP contribution in [-0.4, -0.2) is 16.3 Å². The summed E-state index contributed by atoms with van der Waals surface area (Å²) in [5.74, 6) is 1.79. The van der Waals surface area contributed by atoms with Gasteiger partial charge in [0, 0.05) is 24.7 Å². The summed E-state index contributed by atoms with van der Waals surface area (Å²) in [6.07, 6.45) is 0. The third-order valence-electron chi connectivity index (χ3n) is 2.97. The summed E-state index contributed by atoms with van der Waals surface area (Å²) in [4.78, 5) is 0. The zero-order valence-electron chi connectivity index (χ0n) is 9.35. The van der Waals surface area contributed by atoms with E-state index >= 15 is 0 Å². The summed E-state index contributed by atoms with van der Waals surface area (Å²) in [6, 6.07) is 12.4. The molecule has 0 saturated heterocycles. The Morgan fingerprint density at radius 2 is 2.12 bits per heavy atom. The Kier molecular flexibility index (Phi) is 2.17. The number of nitrogens with zero attached hydrogens (tertiary/aromatic N) is 2. The summed E-state index contributed by atoms with van der Waals surface area (Å²) >= 11 is 0. The van der Waals surface area contributed by atoms with Crippen LogP contribution in [0.25, 0.3) is 11.3 Å². The van der Waals surface area contributed by atoms with E-state index in [4.69, 9.17) is 0 Å². The maximum Gasteiger partial charge on any atom is 0.124 e. The van der Waals surface area contributed by atoms with Gasteiger partial charge in [-0.1, -0.05) is 37.3 Å². The van der Waals surface area contributed by atoms with E-state index in [2.05, 4.69) is 40.2 Å². The molecule has 0 amide bonds. The molecule has 2 heterocycles. The molecule has 1 aromatic heterocycles. The molecule has 3 rings (SSSR count). The molecule has 1 aliphatic rings. The van der Waals surface area contributed by atoms with Crippen molar-refractivity contribution in [3.63, 3.8) is 0 Å². The van der Waals surface area contributed by atoms with Crippen molar-refractivity contribution in [2.75, 3.05) is 11.9 Å². The van der Waals surface area contributed by atoms with Gasteiger partial charge in [0.25, 0.3) is 0 Å². The largest absolute Gasteiger partial charge is 0.370 e. The molecule has 16 heavy (non-hydrogen) atoms. The van der Waals surface area contributed by atoms with E-state index in [1.54, 1.807) is 0 Å². The van der Waals surface area contributed by atoms with Gasteiger partial charge in [0.2, 0.25) is 0 Å². The van der Waals surface area contributed by atoms with E-state index in [1.165, 1.54) is 5.56 Å². The standard InChI is InChI=1S/C13H15N3/c1-10-8-14-13-7-12(15-16(13)9-10)11-5-3-2-4-6-11/h2-7,10,14H,8-9H2,1H3. The van der Waals surface area contributed by atoms with Crippen molar-refractivity contribution < 1.29 is 0 Å². The van der Waals surface area contributed by atoms with Gasteiger partial charge in [-0.25, -0.2) is 4.68 Å². The first-order chi connectivity index (χ1) is 7.83. The van der Waals surface area contributed by atoms with Gasteiger partial charge in [-0.3, -0.25) is 0 Å². The molecule has 2 aromatic rings. The first-order valence-electron chi connectivity index (χ1n) is 5.70. The number of hydrogen-bond donors (Lipinski definition) is 1. The fraction of sp³-hybridized carbons (Fsp3) is 0.308. The Morgan fingerprint density at radius 1 is 1.31 bits per heavy atom. The molecular weight excluding hydrogens is 198 g/mol. The molecule has 3 heteroatoms. The van der Waals surface area contributed by atoms with Gasteiger partial charge in [-0.05, 0) is 5.92 Å². The van der Waals surface area contributed by atoms with Crippen LogP contribution in [0.2, 0.25) is 0 Å². The minimum absolute atomic E-state index is 0.649. The first-order valence-corrected chi connectivity index (χ1v) is 5.70. The lowest BCUT2D eigenvalue weighted by Gasteiger charge is -2.21. The Morgan fingerprint density at radius 3 is 2.94 bits per heavy atom. The number of aromatic nitrogens is 2. The van der Waals surface area contributed by atoms with Gasteiger partial charge in [0.1, 0.15) is 5.82 Å². The molecule has 0 radical (unpaired) electrons. The molecule has 0 fully saturated rings. The second-order valence-corrected chi connectivity index (χ2v) is 4.45. The van der Waals surface area contributed by atoms with E-state index < -0.39 is 0 Å². The van der Waals surface area contributed by atoms with E-state index in [0.717, 1.165) is 24.6 Å². The zero-order chi connectivity index (χ0) is 11.0. The van der Waals surface area contributed by atoms with Gasteiger partial charge < -0.3 is 5.32 Å². The van der Waals surface area contributed by atoms with Crippen LogP contribution in [-0.2, 0) is 6.54 Å². The lowest BCUT2D eigenvalue weighted by atomic mass is 10.1. The number of benzene rings is 1. The van der Waals surface area contributed by atoms with Crippen LogP contribution in [0.3, 0.4) is 0 Å². The van der Waals surface area contributed by atoms with Crippen LogP contribution in [0.1, 0.15) is 6.92 Å². The first kappa shape index (κ1) is 9.46. The highest BCUT2D eigenvalue weighted by Gasteiger charge is 2.16. The van der Waals surface area contributed by atoms with Crippen molar-refractivity contribution >= 4 is 5.82 Å². The Balaban J connectivity index is 1.99. The molecule has 1 atom stereocenters. The Labute approximate surface area is 95.1 Å². The minimum atomic E-state index is 0.649. The van der Waals surface area contributed by atoms with Crippen molar-refractivity contribution in [3.05, 3.63) is 36.4 Å². The van der Waals surface area contributed by atoms with Crippen LogP contribution < -0.4 is 5.32 Å². The van der Waals surface area contributed by atoms with Crippen LogP contribution in [0.4, 0.5) is 5.82 Å². The molecule has 82 valence electrons. The summed E-state index contributed by atoms with van der Waals surface area (Å²) in [5.41, 5.74) is 2.23. The maximum absolute atomic E-state index is 4.63. The van der Waals surface area contributed by atoms with Crippen molar-refractivity contribution in [2.24, 2.45) is 5.92 Å². The minimum Gasteiger partial charge on any atom is -0.370 e. The highest BCUT2D eigenvalue weighted by Crippen LogP contribution is 2.24. The number of hydrogen-bond acceptors (Lipinski definition) is 2. The van der Waals surface area contributed by atoms with Crippen LogP contribution in [0.15, 0.2) is 36.4 Å². The van der Waals surface area contributed by atoms with Crippen molar-refractivity contribution in [1.29, 1.82) is 0 Å². The second-order valence-electron chi connectivity index (χ2n) is 4.45. The van der Waals surface area contributed by atoms with E-state index in [9.17, 15) is 0 Å². The molecule has 0 bridgehead atoms. The van der Waals surface area contributed by atoms with Crippen molar-refractivity contribution in [2.45, 2.75) is 13.5 Å². The number of fused-ring (bicyclic) bond motifs is 1. The second kappa shape index (κ2) is 3.67. The molecule has 1 N–H and O–H groups in total. The highest BCUT2D eigenvalue weighted by molar-refractivity contribution is 5.63. The van der Waals surface area contributed by atoms with Crippen LogP contribution in [0, 0.1) is 5.92 Å². The predicted molar refractivity (Wildman–Crippen MR) is 65.3 cm³/mol. The predicted octanol–water partition coefficient (Wildman–Crippen LogP) is 2.61. The number of anilines is 1. The Bertz CT molecular complexity index is 487. The molecule has 1 aliphatic heterocycles. The summed E-state index contributed by atoms with van der Waals surface area (Å²) in [6.45, 7) is 4.29. The lowest BCUT2D eigenvalue weighted by Crippen LogP contribution is -2.25. The third kappa shape index (κ3) is 1.58. The average Bonchev–Trinajstić information content (AvgIpc) is 2.73. The van der Waals surface area contributed by atoms with E-state index in [1.807, 2.05) is 18.2 Å². The molecular formula is C13H15N3. The van der Waals surface area contributed by atoms with E-state index in [0.29, 0.717) is 5.92 Å². The quantitative estimate of drug-likeness (QED) is 0.789. The molecule has 1 aromatic carbocycles. The molecule has 1 unspecified atom stereocenters. The normalized spacial score (nSPS) is 18.9. The summed E-state index contributed by atoms with van der Waals surface area (Å²) in [5, 5.41) is 8.03. The smallest absolute Gasteiger partial charge is 0.124 e. The fourth-order valence-electron chi connectivity index (χ4n) is 2.09. The average molecular weight is 213 g/mol. The molecule has 0 aliphatic carbocycles. The fourth-order valence-corrected chi connectivity index (χ4v) is 2.09.